The molecule has 0 radical (unpaired) electrons. The van der Waals surface area contributed by atoms with E-state index in [2.05, 4.69) is 15.1 Å². The largest absolute Gasteiger partial charge is 0.386 e. The molecular weight excluding hydrogens is 252 g/mol. The van der Waals surface area contributed by atoms with Crippen LogP contribution in [0, 0.1) is 0 Å². The molecule has 2 aromatic heterocycles. The van der Waals surface area contributed by atoms with Gasteiger partial charge in [0.2, 0.25) is 0 Å². The van der Waals surface area contributed by atoms with Crippen molar-refractivity contribution in [1.29, 1.82) is 0 Å². The van der Waals surface area contributed by atoms with Crippen molar-refractivity contribution in [3.05, 3.63) is 41.2 Å². The zero-order chi connectivity index (χ0) is 13.1. The SMILES string of the molecule is CC(C)n1ncnc1CC(O)c1ncccc1Cl. The molecule has 0 amide bonds. The summed E-state index contributed by atoms with van der Waals surface area (Å²) in [6.07, 6.45) is 2.66. The van der Waals surface area contributed by atoms with Crippen molar-refractivity contribution in [2.45, 2.75) is 32.4 Å². The maximum absolute atomic E-state index is 10.2. The van der Waals surface area contributed by atoms with Gasteiger partial charge < -0.3 is 5.11 Å². The van der Waals surface area contributed by atoms with Gasteiger partial charge in [-0.2, -0.15) is 5.10 Å². The van der Waals surface area contributed by atoms with Crippen molar-refractivity contribution in [1.82, 2.24) is 19.7 Å². The molecule has 18 heavy (non-hydrogen) atoms. The molecule has 1 atom stereocenters. The summed E-state index contributed by atoms with van der Waals surface area (Å²) in [6.45, 7) is 4.02. The third kappa shape index (κ3) is 2.68. The van der Waals surface area contributed by atoms with Gasteiger partial charge in [-0.3, -0.25) is 4.98 Å². The minimum absolute atomic E-state index is 0.203. The van der Waals surface area contributed by atoms with Crippen LogP contribution in [-0.4, -0.2) is 24.9 Å². The highest BCUT2D eigenvalue weighted by molar-refractivity contribution is 6.31. The van der Waals surface area contributed by atoms with E-state index >= 15 is 0 Å². The van der Waals surface area contributed by atoms with Crippen LogP contribution in [0.2, 0.25) is 5.02 Å². The molecule has 0 aliphatic heterocycles. The summed E-state index contributed by atoms with van der Waals surface area (Å²) in [5.74, 6) is 0.721. The molecule has 6 heteroatoms. The molecule has 0 aliphatic rings. The zero-order valence-electron chi connectivity index (χ0n) is 10.3. The van der Waals surface area contributed by atoms with Crippen molar-refractivity contribution in [2.24, 2.45) is 0 Å². The molecule has 5 nitrogen and oxygen atoms in total. The first-order chi connectivity index (χ1) is 8.59. The second kappa shape index (κ2) is 5.46. The predicted octanol–water partition coefficient (Wildman–Crippen LogP) is 2.18. The topological polar surface area (TPSA) is 63.8 Å². The Bertz CT molecular complexity index is 526. The molecule has 0 saturated heterocycles. The number of rotatable bonds is 4. The number of hydrogen-bond donors (Lipinski definition) is 1. The zero-order valence-corrected chi connectivity index (χ0v) is 11.0. The van der Waals surface area contributed by atoms with Crippen molar-refractivity contribution in [3.63, 3.8) is 0 Å². The van der Waals surface area contributed by atoms with Crippen molar-refractivity contribution >= 4 is 11.6 Å². The van der Waals surface area contributed by atoms with Crippen molar-refractivity contribution < 1.29 is 5.11 Å². The van der Waals surface area contributed by atoms with Crippen LogP contribution in [-0.2, 0) is 6.42 Å². The Hall–Kier alpha value is -1.46. The van der Waals surface area contributed by atoms with E-state index < -0.39 is 6.10 Å². The van der Waals surface area contributed by atoms with Crippen LogP contribution < -0.4 is 0 Å². The second-order valence-electron chi connectivity index (χ2n) is 4.30. The average molecular weight is 267 g/mol. The number of aliphatic hydroxyl groups excluding tert-OH is 1. The molecule has 0 bridgehead atoms. The van der Waals surface area contributed by atoms with E-state index in [-0.39, 0.29) is 6.04 Å². The van der Waals surface area contributed by atoms with E-state index in [0.29, 0.717) is 17.1 Å². The molecule has 2 rings (SSSR count). The van der Waals surface area contributed by atoms with Crippen LogP contribution in [0.1, 0.15) is 37.5 Å². The van der Waals surface area contributed by atoms with Gasteiger partial charge in [-0.05, 0) is 26.0 Å². The summed E-state index contributed by atoms with van der Waals surface area (Å²) in [6, 6.07) is 3.64. The summed E-state index contributed by atoms with van der Waals surface area (Å²) >= 11 is 6.00. The second-order valence-corrected chi connectivity index (χ2v) is 4.71. The summed E-state index contributed by atoms with van der Waals surface area (Å²) in [5, 5.41) is 14.7. The Kier molecular flexibility index (Phi) is 3.93. The number of hydrogen-bond acceptors (Lipinski definition) is 4. The molecule has 1 unspecified atom stereocenters. The number of halogens is 1. The van der Waals surface area contributed by atoms with Gasteiger partial charge in [-0.25, -0.2) is 9.67 Å². The van der Waals surface area contributed by atoms with E-state index in [0.717, 1.165) is 5.82 Å². The molecule has 2 aromatic rings. The van der Waals surface area contributed by atoms with E-state index in [4.69, 9.17) is 11.6 Å². The molecule has 96 valence electrons. The van der Waals surface area contributed by atoms with Gasteiger partial charge in [-0.1, -0.05) is 11.6 Å². The molecule has 2 heterocycles. The summed E-state index contributed by atoms with van der Waals surface area (Å²) in [5.41, 5.74) is 0.470. The predicted molar refractivity (Wildman–Crippen MR) is 68.3 cm³/mol. The van der Waals surface area contributed by atoms with Gasteiger partial charge in [0.15, 0.2) is 0 Å². The summed E-state index contributed by atoms with van der Waals surface area (Å²) in [7, 11) is 0. The Labute approximate surface area is 110 Å². The van der Waals surface area contributed by atoms with Gasteiger partial charge in [0.05, 0.1) is 10.7 Å². The molecule has 0 aliphatic carbocycles. The third-order valence-electron chi connectivity index (χ3n) is 2.61. The average Bonchev–Trinajstić information content (AvgIpc) is 2.77. The molecular formula is C12H15ClN4O. The Morgan fingerprint density at radius 3 is 2.83 bits per heavy atom. The molecule has 0 saturated carbocycles. The minimum Gasteiger partial charge on any atom is -0.386 e. The quantitative estimate of drug-likeness (QED) is 0.921. The Morgan fingerprint density at radius 2 is 2.17 bits per heavy atom. The Balaban J connectivity index is 2.19. The van der Waals surface area contributed by atoms with E-state index in [9.17, 15) is 5.11 Å². The lowest BCUT2D eigenvalue weighted by atomic mass is 10.1. The summed E-state index contributed by atoms with van der Waals surface area (Å²) < 4.78 is 1.78. The monoisotopic (exact) mass is 266 g/mol. The number of nitrogens with zero attached hydrogens (tertiary/aromatic N) is 4. The fourth-order valence-corrected chi connectivity index (χ4v) is 2.01. The lowest BCUT2D eigenvalue weighted by molar-refractivity contribution is 0.168. The van der Waals surface area contributed by atoms with Gasteiger partial charge in [-0.15, -0.1) is 0 Å². The highest BCUT2D eigenvalue weighted by Crippen LogP contribution is 2.23. The molecule has 0 fully saturated rings. The summed E-state index contributed by atoms with van der Waals surface area (Å²) in [4.78, 5) is 8.25. The minimum atomic E-state index is -0.777. The van der Waals surface area contributed by atoms with Crippen molar-refractivity contribution in [3.8, 4) is 0 Å². The van der Waals surface area contributed by atoms with Crippen LogP contribution in [0.3, 0.4) is 0 Å². The van der Waals surface area contributed by atoms with Crippen molar-refractivity contribution in [2.75, 3.05) is 0 Å². The van der Waals surface area contributed by atoms with Gasteiger partial charge in [0, 0.05) is 18.7 Å². The number of aromatic nitrogens is 4. The maximum atomic E-state index is 10.2. The highest BCUT2D eigenvalue weighted by Gasteiger charge is 2.17. The molecule has 0 spiro atoms. The third-order valence-corrected chi connectivity index (χ3v) is 2.93. The van der Waals surface area contributed by atoms with Crippen LogP contribution in [0.15, 0.2) is 24.7 Å². The van der Waals surface area contributed by atoms with Crippen LogP contribution in [0.25, 0.3) is 0 Å². The molecule has 1 N–H and O–H groups in total. The fraction of sp³-hybridized carbons (Fsp3) is 0.417. The van der Waals surface area contributed by atoms with E-state index in [1.807, 2.05) is 13.8 Å². The Morgan fingerprint density at radius 1 is 1.39 bits per heavy atom. The smallest absolute Gasteiger partial charge is 0.138 e. The van der Waals surface area contributed by atoms with Gasteiger partial charge in [0.1, 0.15) is 18.3 Å². The first kappa shape index (κ1) is 13.0. The normalized spacial score (nSPS) is 12.9. The standard InChI is InChI=1S/C12H15ClN4O/c1-8(2)17-11(15-7-16-17)6-10(18)12-9(13)4-3-5-14-12/h3-5,7-8,10,18H,6H2,1-2H3. The fourth-order valence-electron chi connectivity index (χ4n) is 1.76. The maximum Gasteiger partial charge on any atom is 0.138 e. The first-order valence-corrected chi connectivity index (χ1v) is 6.14. The molecule has 0 aromatic carbocycles. The number of aliphatic hydroxyl groups is 1. The van der Waals surface area contributed by atoms with E-state index in [1.54, 1.807) is 23.0 Å². The van der Waals surface area contributed by atoms with Gasteiger partial charge in [0.25, 0.3) is 0 Å². The van der Waals surface area contributed by atoms with Crippen LogP contribution in [0.5, 0.6) is 0 Å². The first-order valence-electron chi connectivity index (χ1n) is 5.76. The van der Waals surface area contributed by atoms with E-state index in [1.165, 1.54) is 6.33 Å². The van der Waals surface area contributed by atoms with Crippen LogP contribution >= 0.6 is 11.6 Å². The highest BCUT2D eigenvalue weighted by atomic mass is 35.5. The number of pyridine rings is 1. The lowest BCUT2D eigenvalue weighted by Gasteiger charge is -2.13. The van der Waals surface area contributed by atoms with Crippen LogP contribution in [0.4, 0.5) is 0 Å². The van der Waals surface area contributed by atoms with Gasteiger partial charge >= 0.3 is 0 Å². The lowest BCUT2D eigenvalue weighted by Crippen LogP contribution is -2.13.